The van der Waals surface area contributed by atoms with E-state index in [1.807, 2.05) is 0 Å². The van der Waals surface area contributed by atoms with Crippen LogP contribution >= 0.6 is 11.3 Å². The number of thiophene rings is 1. The summed E-state index contributed by atoms with van der Waals surface area (Å²) in [4.78, 5) is 47.6. The number of rotatable bonds is 8. The number of non-ortho nitro benzene ring substituents is 1. The zero-order valence-corrected chi connectivity index (χ0v) is 20.0. The number of esters is 1. The number of ether oxygens (including phenoxy) is 2. The molecule has 0 bridgehead atoms. The van der Waals surface area contributed by atoms with Crippen molar-refractivity contribution in [3.05, 3.63) is 85.6 Å². The molecule has 0 spiro atoms. The third kappa shape index (κ3) is 5.26. The van der Waals surface area contributed by atoms with Crippen LogP contribution < -0.4 is 15.7 Å². The summed E-state index contributed by atoms with van der Waals surface area (Å²) >= 11 is 1.09. The molecule has 0 aliphatic rings. The minimum absolute atomic E-state index is 0.0960. The number of fused-ring (bicyclic) bond motifs is 1. The van der Waals surface area contributed by atoms with Crippen LogP contribution in [0.5, 0.6) is 5.75 Å². The smallest absolute Gasteiger partial charge is 0.341 e. The van der Waals surface area contributed by atoms with E-state index < -0.39 is 22.4 Å². The van der Waals surface area contributed by atoms with E-state index in [0.29, 0.717) is 22.5 Å². The van der Waals surface area contributed by atoms with Gasteiger partial charge in [0.2, 0.25) is 0 Å². The average Bonchev–Trinajstić information content (AvgIpc) is 3.26. The molecule has 2 heterocycles. The van der Waals surface area contributed by atoms with Crippen molar-refractivity contribution in [2.75, 3.05) is 18.5 Å². The summed E-state index contributed by atoms with van der Waals surface area (Å²) in [6, 6.07) is 12.1. The Hall–Kier alpha value is -4.51. The van der Waals surface area contributed by atoms with Gasteiger partial charge < -0.3 is 19.2 Å². The highest BCUT2D eigenvalue weighted by Gasteiger charge is 2.24. The Labute approximate surface area is 208 Å². The summed E-state index contributed by atoms with van der Waals surface area (Å²) in [5.74, 6) is -0.893. The van der Waals surface area contributed by atoms with Gasteiger partial charge in [0.15, 0.2) is 6.61 Å². The minimum atomic E-state index is -0.670. The van der Waals surface area contributed by atoms with Crippen molar-refractivity contribution in [1.82, 2.24) is 0 Å². The molecule has 0 aliphatic heterocycles. The van der Waals surface area contributed by atoms with E-state index in [4.69, 9.17) is 13.9 Å². The number of carbonyl (C=O) groups is 2. The van der Waals surface area contributed by atoms with Crippen LogP contribution in [-0.4, -0.2) is 30.0 Å². The topological polar surface area (TPSA) is 138 Å². The average molecular weight is 509 g/mol. The number of hydrogen-bond acceptors (Lipinski definition) is 9. The molecule has 2 aromatic carbocycles. The van der Waals surface area contributed by atoms with E-state index in [2.05, 4.69) is 5.32 Å². The molecule has 10 nitrogen and oxygen atoms in total. The Morgan fingerprint density at radius 2 is 1.97 bits per heavy atom. The number of carbonyl (C=O) groups excluding carboxylic acids is 2. The van der Waals surface area contributed by atoms with E-state index in [9.17, 15) is 24.5 Å². The normalized spacial score (nSPS) is 10.7. The van der Waals surface area contributed by atoms with Gasteiger partial charge >= 0.3 is 11.6 Å². The first-order valence-corrected chi connectivity index (χ1v) is 11.7. The first kappa shape index (κ1) is 24.6. The number of benzene rings is 2. The Balaban J connectivity index is 1.55. The maximum Gasteiger partial charge on any atom is 0.341 e. The van der Waals surface area contributed by atoms with Gasteiger partial charge in [-0.15, -0.1) is 11.3 Å². The number of nitro groups is 1. The predicted molar refractivity (Wildman–Crippen MR) is 134 cm³/mol. The predicted octanol–water partition coefficient (Wildman–Crippen LogP) is 4.93. The number of aryl methyl sites for hydroxylation is 1. The molecule has 4 rings (SSSR count). The third-order valence-electron chi connectivity index (χ3n) is 5.18. The Kier molecular flexibility index (Phi) is 7.11. The van der Waals surface area contributed by atoms with Crippen molar-refractivity contribution >= 4 is 44.9 Å². The van der Waals surface area contributed by atoms with E-state index in [0.717, 1.165) is 22.3 Å². The largest absolute Gasteiger partial charge is 0.484 e. The second-order valence-corrected chi connectivity index (χ2v) is 8.50. The Bertz CT molecular complexity index is 1540. The summed E-state index contributed by atoms with van der Waals surface area (Å²) in [7, 11) is 0. The second kappa shape index (κ2) is 10.4. The highest BCUT2D eigenvalue weighted by molar-refractivity contribution is 7.15. The summed E-state index contributed by atoms with van der Waals surface area (Å²) in [5, 5.41) is 16.4. The molecule has 0 aliphatic carbocycles. The lowest BCUT2D eigenvalue weighted by Crippen LogP contribution is -2.21. The van der Waals surface area contributed by atoms with Gasteiger partial charge in [-0.3, -0.25) is 14.9 Å². The number of hydrogen-bond donors (Lipinski definition) is 1. The molecule has 0 saturated heterocycles. The molecular weight excluding hydrogens is 488 g/mol. The summed E-state index contributed by atoms with van der Waals surface area (Å²) in [5.41, 5.74) is 1.41. The van der Waals surface area contributed by atoms with Crippen LogP contribution in [0, 0.1) is 17.0 Å². The van der Waals surface area contributed by atoms with Gasteiger partial charge in [0.1, 0.15) is 21.9 Å². The Morgan fingerprint density at radius 3 is 2.72 bits per heavy atom. The van der Waals surface area contributed by atoms with Crippen LogP contribution in [0.15, 0.2) is 63.1 Å². The lowest BCUT2D eigenvalue weighted by Gasteiger charge is -2.10. The van der Waals surface area contributed by atoms with Crippen LogP contribution in [0.2, 0.25) is 0 Å². The number of amides is 1. The van der Waals surface area contributed by atoms with E-state index in [1.165, 1.54) is 30.3 Å². The monoisotopic (exact) mass is 508 g/mol. The molecule has 0 saturated carbocycles. The molecule has 36 heavy (non-hydrogen) atoms. The molecule has 1 amide bonds. The fourth-order valence-corrected chi connectivity index (χ4v) is 4.54. The SMILES string of the molecule is CCOC(=O)c1c(-c2cccc([N+](=O)[O-])c2)csc1NC(=O)COc1ccc2c(C)cc(=O)oc2c1. The fraction of sp³-hybridized carbons (Fsp3) is 0.160. The first-order chi connectivity index (χ1) is 17.3. The molecule has 1 N–H and O–H groups in total. The number of nitrogens with zero attached hydrogens (tertiary/aromatic N) is 1. The second-order valence-electron chi connectivity index (χ2n) is 7.62. The van der Waals surface area contributed by atoms with Crippen molar-refractivity contribution < 1.29 is 28.4 Å². The van der Waals surface area contributed by atoms with Gasteiger partial charge in [0, 0.05) is 40.6 Å². The summed E-state index contributed by atoms with van der Waals surface area (Å²) in [6.07, 6.45) is 0. The van der Waals surface area contributed by atoms with Crippen LogP contribution in [0.1, 0.15) is 22.8 Å². The first-order valence-electron chi connectivity index (χ1n) is 10.8. The van der Waals surface area contributed by atoms with Crippen molar-refractivity contribution in [3.8, 4) is 16.9 Å². The number of nitrogens with one attached hydrogen (secondary N) is 1. The lowest BCUT2D eigenvalue weighted by molar-refractivity contribution is -0.384. The van der Waals surface area contributed by atoms with Gasteiger partial charge in [-0.05, 0) is 37.1 Å². The molecule has 11 heteroatoms. The molecule has 2 aromatic heterocycles. The summed E-state index contributed by atoms with van der Waals surface area (Å²) < 4.78 is 15.9. The summed E-state index contributed by atoms with van der Waals surface area (Å²) in [6.45, 7) is 3.17. The van der Waals surface area contributed by atoms with Gasteiger partial charge in [0.25, 0.3) is 11.6 Å². The third-order valence-corrected chi connectivity index (χ3v) is 6.08. The van der Waals surface area contributed by atoms with Crippen LogP contribution in [-0.2, 0) is 9.53 Å². The van der Waals surface area contributed by atoms with E-state index in [1.54, 1.807) is 37.4 Å². The minimum Gasteiger partial charge on any atom is -0.484 e. The molecule has 184 valence electrons. The molecule has 0 radical (unpaired) electrons. The van der Waals surface area contributed by atoms with Crippen LogP contribution in [0.3, 0.4) is 0 Å². The molecule has 0 atom stereocenters. The Morgan fingerprint density at radius 1 is 1.17 bits per heavy atom. The maximum atomic E-state index is 12.7. The van der Waals surface area contributed by atoms with Gasteiger partial charge in [-0.1, -0.05) is 12.1 Å². The zero-order valence-electron chi connectivity index (χ0n) is 19.2. The van der Waals surface area contributed by atoms with Crippen molar-refractivity contribution in [2.45, 2.75) is 13.8 Å². The molecular formula is C25H20N2O8S. The fourth-order valence-electron chi connectivity index (χ4n) is 3.56. The maximum absolute atomic E-state index is 12.7. The van der Waals surface area contributed by atoms with Crippen molar-refractivity contribution in [1.29, 1.82) is 0 Å². The van der Waals surface area contributed by atoms with Gasteiger partial charge in [0.05, 0.1) is 11.5 Å². The van der Waals surface area contributed by atoms with E-state index >= 15 is 0 Å². The van der Waals surface area contributed by atoms with Gasteiger partial charge in [-0.2, -0.15) is 0 Å². The van der Waals surface area contributed by atoms with Crippen molar-refractivity contribution in [3.63, 3.8) is 0 Å². The molecule has 0 fully saturated rings. The van der Waals surface area contributed by atoms with Gasteiger partial charge in [-0.25, -0.2) is 9.59 Å². The number of nitro benzene ring substituents is 1. The highest BCUT2D eigenvalue weighted by atomic mass is 32.1. The van der Waals surface area contributed by atoms with Crippen LogP contribution in [0.4, 0.5) is 10.7 Å². The quantitative estimate of drug-likeness (QED) is 0.153. The molecule has 0 unspecified atom stereocenters. The highest BCUT2D eigenvalue weighted by Crippen LogP contribution is 2.37. The standard InChI is InChI=1S/C25H20N2O8S/c1-3-33-25(30)23-19(15-5-4-6-16(10-15)27(31)32)13-36-24(23)26-21(28)12-34-17-7-8-18-14(2)9-22(29)35-20(18)11-17/h4-11,13H,3,12H2,1-2H3,(H,26,28). The lowest BCUT2D eigenvalue weighted by atomic mass is 10.0. The molecule has 4 aromatic rings. The number of anilines is 1. The van der Waals surface area contributed by atoms with Crippen molar-refractivity contribution in [2.24, 2.45) is 0 Å². The van der Waals surface area contributed by atoms with Crippen LogP contribution in [0.25, 0.3) is 22.1 Å². The zero-order chi connectivity index (χ0) is 25.8. The van der Waals surface area contributed by atoms with E-state index in [-0.39, 0.29) is 29.5 Å².